The molecule has 0 unspecified atom stereocenters. The molecule has 396 valence electrons. The minimum atomic E-state index is -0.0475. The molecule has 0 saturated heterocycles. The first kappa shape index (κ1) is 48.5. The van der Waals surface area contributed by atoms with Crippen LogP contribution in [0.5, 0.6) is 11.5 Å². The molecule has 1 aliphatic carbocycles. The zero-order valence-corrected chi connectivity index (χ0v) is 46.4. The zero-order valence-electron chi connectivity index (χ0n) is 46.4. The van der Waals surface area contributed by atoms with Gasteiger partial charge in [-0.3, -0.25) is 4.57 Å². The monoisotopic (exact) mass is 1070 g/mol. The summed E-state index contributed by atoms with van der Waals surface area (Å²) >= 11 is 0. The number of hydrogen-bond donors (Lipinski definition) is 0. The standard InChI is InChI=1S/C77H57N5O/c1-77(2,3)53-40-41-78-74(44-53)82-70-35-19-16-30-62(70)63-39-38-56(48-73(63)82)83-57-43-52(75-64-31-12-10-26-58(64)59-27-11-13-32-65(59)75)42-54(45-57)79-49-80(72-37-21-20-36-71(72)79)76-66(50-22-6-4-7-23-50)46-55(47-67(76)51-24-8-5-9-25-51)81-68-33-17-14-28-60(68)61-29-15-18-34-69(61)81/h4-48,75H,49H2,1-3H3. The number of ether oxygens (including phenoxy) is 1. The number of aromatic nitrogens is 3. The Bertz CT molecular complexity index is 4710. The van der Waals surface area contributed by atoms with E-state index in [4.69, 9.17) is 9.72 Å². The smallest absolute Gasteiger partial charge is 0.137 e. The van der Waals surface area contributed by atoms with Gasteiger partial charge in [0.25, 0.3) is 0 Å². The Balaban J connectivity index is 0.886. The number of benzene rings is 11. The summed E-state index contributed by atoms with van der Waals surface area (Å²) in [6, 6.07) is 97.4. The molecule has 0 atom stereocenters. The van der Waals surface area contributed by atoms with E-state index < -0.39 is 0 Å². The van der Waals surface area contributed by atoms with Gasteiger partial charge in [0.2, 0.25) is 0 Å². The highest BCUT2D eigenvalue weighted by Crippen LogP contribution is 2.54. The minimum absolute atomic E-state index is 0.0208. The van der Waals surface area contributed by atoms with E-state index in [1.807, 2.05) is 6.20 Å². The third-order valence-electron chi connectivity index (χ3n) is 17.2. The van der Waals surface area contributed by atoms with Crippen molar-refractivity contribution < 1.29 is 4.74 Å². The maximum Gasteiger partial charge on any atom is 0.137 e. The number of nitrogens with zero attached hydrogens (tertiary/aromatic N) is 5. The molecule has 0 amide bonds. The molecule has 14 aromatic rings. The van der Waals surface area contributed by atoms with Crippen molar-refractivity contribution in [3.8, 4) is 56.4 Å². The number of para-hydroxylation sites is 5. The molecule has 0 fully saturated rings. The van der Waals surface area contributed by atoms with Crippen LogP contribution in [0, 0.1) is 0 Å². The summed E-state index contributed by atoms with van der Waals surface area (Å²) in [6.07, 6.45) is 1.94. The lowest BCUT2D eigenvalue weighted by atomic mass is 9.88. The number of hydrogen-bond acceptors (Lipinski definition) is 4. The second-order valence-electron chi connectivity index (χ2n) is 23.1. The van der Waals surface area contributed by atoms with Crippen LogP contribution in [0.4, 0.5) is 22.7 Å². The quantitative estimate of drug-likeness (QED) is 0.144. The SMILES string of the molecule is CC(C)(C)c1ccnc(-n2c3ccccc3c3ccc(Oc4cc(C5c6ccccc6-c6ccccc65)cc(N5CN(c6c(-c7ccccc7)cc(-n7c8ccccc8c8ccccc87)cc6-c6ccccc6)c6ccccc65)c4)cc32)c1. The molecular weight excluding hydrogens is 1010 g/mol. The van der Waals surface area contributed by atoms with E-state index in [2.05, 4.69) is 307 Å². The summed E-state index contributed by atoms with van der Waals surface area (Å²) in [7, 11) is 0. The van der Waals surface area contributed by atoms with Gasteiger partial charge >= 0.3 is 0 Å². The summed E-state index contributed by atoms with van der Waals surface area (Å²) in [6.45, 7) is 7.30. The van der Waals surface area contributed by atoms with E-state index in [-0.39, 0.29) is 11.3 Å². The maximum atomic E-state index is 7.31. The molecule has 0 bridgehead atoms. The summed E-state index contributed by atoms with van der Waals surface area (Å²) in [4.78, 5) is 10.0. The third-order valence-corrected chi connectivity index (χ3v) is 17.2. The van der Waals surface area contributed by atoms with Crippen molar-refractivity contribution in [2.45, 2.75) is 32.1 Å². The van der Waals surface area contributed by atoms with Crippen LogP contribution in [-0.4, -0.2) is 20.8 Å². The van der Waals surface area contributed by atoms with Gasteiger partial charge in [0.05, 0.1) is 39.1 Å². The zero-order chi connectivity index (χ0) is 55.3. The van der Waals surface area contributed by atoms with E-state index >= 15 is 0 Å². The fraction of sp³-hybridized carbons (Fsp3) is 0.0779. The molecular formula is C77H57N5O. The van der Waals surface area contributed by atoms with Crippen LogP contribution in [0.3, 0.4) is 0 Å². The van der Waals surface area contributed by atoms with Crippen LogP contribution >= 0.6 is 0 Å². The molecule has 1 aliphatic heterocycles. The number of anilines is 4. The Hall–Kier alpha value is -10.4. The molecule has 11 aromatic carbocycles. The molecule has 2 aliphatic rings. The number of pyridine rings is 1. The van der Waals surface area contributed by atoms with Crippen molar-refractivity contribution in [2.75, 3.05) is 16.5 Å². The van der Waals surface area contributed by atoms with Gasteiger partial charge in [0, 0.05) is 68.3 Å². The lowest BCUT2D eigenvalue weighted by Gasteiger charge is -2.29. The predicted molar refractivity (Wildman–Crippen MR) is 344 cm³/mol. The minimum Gasteiger partial charge on any atom is -0.457 e. The van der Waals surface area contributed by atoms with Crippen LogP contribution in [0.2, 0.25) is 0 Å². The average molecular weight is 1070 g/mol. The van der Waals surface area contributed by atoms with E-state index in [0.717, 1.165) is 90.0 Å². The molecule has 6 heteroatoms. The van der Waals surface area contributed by atoms with Gasteiger partial charge in [-0.15, -0.1) is 0 Å². The van der Waals surface area contributed by atoms with E-state index in [9.17, 15) is 0 Å². The summed E-state index contributed by atoms with van der Waals surface area (Å²) in [5, 5.41) is 4.78. The summed E-state index contributed by atoms with van der Waals surface area (Å²) in [5.41, 5.74) is 22.0. The van der Waals surface area contributed by atoms with Gasteiger partial charge in [0.1, 0.15) is 24.0 Å². The van der Waals surface area contributed by atoms with Crippen molar-refractivity contribution in [1.29, 1.82) is 0 Å². The van der Waals surface area contributed by atoms with Crippen molar-refractivity contribution >= 4 is 66.4 Å². The average Bonchev–Trinajstić information content (AvgIpc) is 4.44. The first-order valence-electron chi connectivity index (χ1n) is 28.7. The van der Waals surface area contributed by atoms with Crippen LogP contribution in [-0.2, 0) is 5.41 Å². The molecule has 0 N–H and O–H groups in total. The Morgan fingerprint density at radius 2 is 0.916 bits per heavy atom. The van der Waals surface area contributed by atoms with Gasteiger partial charge in [-0.25, -0.2) is 4.98 Å². The highest BCUT2D eigenvalue weighted by atomic mass is 16.5. The van der Waals surface area contributed by atoms with Crippen molar-refractivity contribution in [1.82, 2.24) is 14.1 Å². The van der Waals surface area contributed by atoms with Crippen molar-refractivity contribution in [3.63, 3.8) is 0 Å². The lowest BCUT2D eigenvalue weighted by molar-refractivity contribution is 0.482. The number of rotatable bonds is 9. The number of fused-ring (bicyclic) bond motifs is 10. The Morgan fingerprint density at radius 1 is 0.398 bits per heavy atom. The van der Waals surface area contributed by atoms with Gasteiger partial charge in [-0.1, -0.05) is 197 Å². The van der Waals surface area contributed by atoms with E-state index in [1.165, 1.54) is 55.0 Å². The van der Waals surface area contributed by atoms with Crippen molar-refractivity contribution in [2.24, 2.45) is 0 Å². The topological polar surface area (TPSA) is 38.5 Å². The Kier molecular flexibility index (Phi) is 11.2. The molecule has 83 heavy (non-hydrogen) atoms. The van der Waals surface area contributed by atoms with Crippen LogP contribution in [0.15, 0.2) is 273 Å². The van der Waals surface area contributed by atoms with Gasteiger partial charge in [0.15, 0.2) is 0 Å². The largest absolute Gasteiger partial charge is 0.457 e. The molecule has 4 heterocycles. The van der Waals surface area contributed by atoms with Gasteiger partial charge in [-0.2, -0.15) is 0 Å². The fourth-order valence-corrected chi connectivity index (χ4v) is 13.4. The van der Waals surface area contributed by atoms with Crippen LogP contribution in [0.1, 0.15) is 48.9 Å². The molecule has 3 aromatic heterocycles. The molecule has 0 spiro atoms. The Morgan fingerprint density at radius 3 is 1.52 bits per heavy atom. The highest BCUT2D eigenvalue weighted by molar-refractivity contribution is 6.11. The van der Waals surface area contributed by atoms with E-state index in [1.54, 1.807) is 0 Å². The molecule has 16 rings (SSSR count). The van der Waals surface area contributed by atoms with Crippen molar-refractivity contribution in [3.05, 3.63) is 295 Å². The van der Waals surface area contributed by atoms with Crippen LogP contribution < -0.4 is 14.5 Å². The first-order valence-corrected chi connectivity index (χ1v) is 28.7. The second kappa shape index (κ2) is 19.1. The van der Waals surface area contributed by atoms with Crippen LogP contribution in [0.25, 0.3) is 88.5 Å². The molecule has 6 nitrogen and oxygen atoms in total. The lowest BCUT2D eigenvalue weighted by Crippen LogP contribution is -2.25. The normalized spacial score (nSPS) is 13.1. The predicted octanol–water partition coefficient (Wildman–Crippen LogP) is 20.1. The van der Waals surface area contributed by atoms with Gasteiger partial charge in [-0.05, 0) is 129 Å². The third kappa shape index (κ3) is 7.96. The second-order valence-corrected chi connectivity index (χ2v) is 23.1. The molecule has 0 saturated carbocycles. The van der Waals surface area contributed by atoms with E-state index in [0.29, 0.717) is 6.67 Å². The molecule has 0 radical (unpaired) electrons. The highest BCUT2D eigenvalue weighted by Gasteiger charge is 2.35. The first-order chi connectivity index (χ1) is 40.8. The fourth-order valence-electron chi connectivity index (χ4n) is 13.4. The summed E-state index contributed by atoms with van der Waals surface area (Å²) in [5.74, 6) is 2.37. The summed E-state index contributed by atoms with van der Waals surface area (Å²) < 4.78 is 12.1. The van der Waals surface area contributed by atoms with Gasteiger partial charge < -0.3 is 19.1 Å². The maximum absolute atomic E-state index is 7.31. The Labute approximate surface area is 483 Å².